The molecule has 1 fully saturated rings. The number of alkyl halides is 3. The second-order valence-electron chi connectivity index (χ2n) is 9.11. The van der Waals surface area contributed by atoms with Crippen LogP contribution in [-0.2, 0) is 26.9 Å². The fourth-order valence-electron chi connectivity index (χ4n) is 3.57. The van der Waals surface area contributed by atoms with Crippen molar-refractivity contribution < 1.29 is 32.2 Å². The molecule has 34 heavy (non-hydrogen) atoms. The van der Waals surface area contributed by atoms with E-state index in [0.717, 1.165) is 23.3 Å². The van der Waals surface area contributed by atoms with Crippen LogP contribution >= 0.6 is 0 Å². The van der Waals surface area contributed by atoms with Crippen LogP contribution in [0.4, 0.5) is 18.0 Å². The molecule has 0 unspecified atom stereocenters. The van der Waals surface area contributed by atoms with Gasteiger partial charge in [0.25, 0.3) is 0 Å². The van der Waals surface area contributed by atoms with E-state index in [2.05, 4.69) is 5.32 Å². The summed E-state index contributed by atoms with van der Waals surface area (Å²) in [6.07, 6.45) is -4.82. The molecule has 1 heterocycles. The Morgan fingerprint density at radius 1 is 0.971 bits per heavy atom. The summed E-state index contributed by atoms with van der Waals surface area (Å²) in [5.41, 5.74) is 0.768. The predicted molar refractivity (Wildman–Crippen MR) is 121 cm³/mol. The Hall–Kier alpha value is -3.07. The van der Waals surface area contributed by atoms with Crippen molar-refractivity contribution in [3.63, 3.8) is 0 Å². The van der Waals surface area contributed by atoms with Gasteiger partial charge in [0.1, 0.15) is 11.6 Å². The topological polar surface area (TPSA) is 67.9 Å². The standard InChI is InChI=1S/C25H29F3N2O4/c1-24(2,3)34-23(32)29-21(22(31)30-12-14-33-15-13-30)16-17-4-6-18(7-5-17)19-8-10-20(11-9-19)25(26,27)28/h4-11,21H,12-16H2,1-3H3,(H,29,32)/t21-/m1/s1. The number of hydrogen-bond acceptors (Lipinski definition) is 4. The van der Waals surface area contributed by atoms with Gasteiger partial charge in [0.2, 0.25) is 5.91 Å². The Balaban J connectivity index is 1.74. The van der Waals surface area contributed by atoms with Crippen molar-refractivity contribution >= 4 is 12.0 Å². The molecule has 1 N–H and O–H groups in total. The number of hydrogen-bond donors (Lipinski definition) is 1. The third kappa shape index (κ3) is 7.21. The van der Waals surface area contributed by atoms with Crippen LogP contribution < -0.4 is 5.32 Å². The molecule has 2 aromatic carbocycles. The lowest BCUT2D eigenvalue weighted by molar-refractivity contribution is -0.138. The average Bonchev–Trinajstić information content (AvgIpc) is 2.77. The van der Waals surface area contributed by atoms with E-state index in [4.69, 9.17) is 9.47 Å². The van der Waals surface area contributed by atoms with Crippen LogP contribution in [0, 0.1) is 0 Å². The van der Waals surface area contributed by atoms with Gasteiger partial charge in [-0.05, 0) is 49.6 Å². The molecule has 0 spiro atoms. The minimum Gasteiger partial charge on any atom is -0.444 e. The molecule has 2 amide bonds. The third-order valence-corrected chi connectivity index (χ3v) is 5.25. The Kier molecular flexibility index (Phi) is 7.86. The molecule has 1 aliphatic heterocycles. The lowest BCUT2D eigenvalue weighted by Gasteiger charge is -2.31. The van der Waals surface area contributed by atoms with Gasteiger partial charge in [0.15, 0.2) is 0 Å². The maximum absolute atomic E-state index is 13.1. The highest BCUT2D eigenvalue weighted by Crippen LogP contribution is 2.31. The number of alkyl carbamates (subject to hydrolysis) is 1. The largest absolute Gasteiger partial charge is 0.444 e. The summed E-state index contributed by atoms with van der Waals surface area (Å²) in [5, 5.41) is 2.69. The summed E-state index contributed by atoms with van der Waals surface area (Å²) in [4.78, 5) is 27.1. The molecule has 6 nitrogen and oxygen atoms in total. The van der Waals surface area contributed by atoms with Crippen molar-refractivity contribution in [2.75, 3.05) is 26.3 Å². The van der Waals surface area contributed by atoms with E-state index >= 15 is 0 Å². The Morgan fingerprint density at radius 2 is 1.50 bits per heavy atom. The highest BCUT2D eigenvalue weighted by Gasteiger charge is 2.30. The number of nitrogens with zero attached hydrogens (tertiary/aromatic N) is 1. The zero-order valence-electron chi connectivity index (χ0n) is 19.4. The minimum absolute atomic E-state index is 0.221. The summed E-state index contributed by atoms with van der Waals surface area (Å²) in [5.74, 6) is -0.221. The molecule has 0 radical (unpaired) electrons. The first-order valence-corrected chi connectivity index (χ1v) is 11.0. The number of halogens is 3. The highest BCUT2D eigenvalue weighted by atomic mass is 19.4. The molecule has 1 atom stereocenters. The zero-order chi connectivity index (χ0) is 24.9. The van der Waals surface area contributed by atoms with E-state index in [9.17, 15) is 22.8 Å². The lowest BCUT2D eigenvalue weighted by atomic mass is 9.99. The Labute approximate surface area is 197 Å². The number of ether oxygens (including phenoxy) is 2. The predicted octanol–water partition coefficient (Wildman–Crippen LogP) is 4.67. The van der Waals surface area contributed by atoms with Gasteiger partial charge in [0.05, 0.1) is 18.8 Å². The van der Waals surface area contributed by atoms with Gasteiger partial charge in [-0.3, -0.25) is 4.79 Å². The van der Waals surface area contributed by atoms with Gasteiger partial charge in [-0.1, -0.05) is 36.4 Å². The molecule has 3 rings (SSSR count). The van der Waals surface area contributed by atoms with Crippen molar-refractivity contribution in [1.82, 2.24) is 10.2 Å². The molecule has 184 valence electrons. The Bertz CT molecular complexity index is 977. The van der Waals surface area contributed by atoms with Crippen molar-refractivity contribution in [1.29, 1.82) is 0 Å². The summed E-state index contributed by atoms with van der Waals surface area (Å²) in [6, 6.07) is 11.3. The van der Waals surface area contributed by atoms with Gasteiger partial charge < -0.3 is 19.7 Å². The molecule has 9 heteroatoms. The number of carbonyl (C=O) groups excluding carboxylic acids is 2. The van der Waals surface area contributed by atoms with Crippen molar-refractivity contribution in [3.8, 4) is 11.1 Å². The second kappa shape index (κ2) is 10.5. The first-order chi connectivity index (χ1) is 15.9. The van der Waals surface area contributed by atoms with Crippen LogP contribution in [0.2, 0.25) is 0 Å². The number of nitrogens with one attached hydrogen (secondary N) is 1. The maximum Gasteiger partial charge on any atom is 0.416 e. The van der Waals surface area contributed by atoms with E-state index in [0.29, 0.717) is 31.9 Å². The molecule has 0 aliphatic carbocycles. The van der Waals surface area contributed by atoms with Crippen molar-refractivity contribution in [2.45, 2.75) is 45.0 Å². The van der Waals surface area contributed by atoms with Crippen molar-refractivity contribution in [2.24, 2.45) is 0 Å². The minimum atomic E-state index is -4.38. The Morgan fingerprint density at radius 3 is 2.00 bits per heavy atom. The number of rotatable bonds is 5. The molecular weight excluding hydrogens is 449 g/mol. The second-order valence-corrected chi connectivity index (χ2v) is 9.11. The zero-order valence-corrected chi connectivity index (χ0v) is 19.4. The number of benzene rings is 2. The molecule has 0 bridgehead atoms. The fraction of sp³-hybridized carbons (Fsp3) is 0.440. The van der Waals surface area contributed by atoms with E-state index in [1.165, 1.54) is 12.1 Å². The van der Waals surface area contributed by atoms with Gasteiger partial charge in [-0.25, -0.2) is 4.79 Å². The van der Waals surface area contributed by atoms with Crippen LogP contribution in [0.15, 0.2) is 48.5 Å². The third-order valence-electron chi connectivity index (χ3n) is 5.25. The van der Waals surface area contributed by atoms with Gasteiger partial charge in [0, 0.05) is 19.5 Å². The fourth-order valence-corrected chi connectivity index (χ4v) is 3.57. The first-order valence-electron chi connectivity index (χ1n) is 11.0. The SMILES string of the molecule is CC(C)(C)OC(=O)N[C@H](Cc1ccc(-c2ccc(C(F)(F)F)cc2)cc1)C(=O)N1CCOCC1. The quantitative estimate of drug-likeness (QED) is 0.679. The molecule has 1 aliphatic rings. The van der Waals surface area contributed by atoms with Crippen LogP contribution in [0.5, 0.6) is 0 Å². The molecule has 1 saturated heterocycles. The van der Waals surface area contributed by atoms with Gasteiger partial charge >= 0.3 is 12.3 Å². The van der Waals surface area contributed by atoms with Crippen LogP contribution in [0.3, 0.4) is 0 Å². The normalized spacial score (nSPS) is 15.5. The summed E-state index contributed by atoms with van der Waals surface area (Å²) in [7, 11) is 0. The van der Waals surface area contributed by atoms with Crippen molar-refractivity contribution in [3.05, 3.63) is 59.7 Å². The summed E-state index contributed by atoms with van der Waals surface area (Å²) in [6.45, 7) is 6.98. The maximum atomic E-state index is 13.1. The summed E-state index contributed by atoms with van der Waals surface area (Å²) >= 11 is 0. The van der Waals surface area contributed by atoms with Crippen LogP contribution in [-0.4, -0.2) is 54.8 Å². The number of amides is 2. The van der Waals surface area contributed by atoms with Gasteiger partial charge in [-0.2, -0.15) is 13.2 Å². The molecular formula is C25H29F3N2O4. The number of morpholine rings is 1. The van der Waals surface area contributed by atoms with E-state index in [-0.39, 0.29) is 12.3 Å². The molecule has 2 aromatic rings. The average molecular weight is 479 g/mol. The van der Waals surface area contributed by atoms with E-state index in [1.807, 2.05) is 0 Å². The van der Waals surface area contributed by atoms with E-state index in [1.54, 1.807) is 49.9 Å². The smallest absolute Gasteiger partial charge is 0.416 e. The van der Waals surface area contributed by atoms with Crippen LogP contribution in [0.25, 0.3) is 11.1 Å². The summed E-state index contributed by atoms with van der Waals surface area (Å²) < 4.78 is 49.0. The monoisotopic (exact) mass is 478 g/mol. The van der Waals surface area contributed by atoms with Gasteiger partial charge in [-0.15, -0.1) is 0 Å². The van der Waals surface area contributed by atoms with Crippen LogP contribution in [0.1, 0.15) is 31.9 Å². The molecule has 0 saturated carbocycles. The molecule has 0 aromatic heterocycles. The number of carbonyl (C=O) groups is 2. The lowest BCUT2D eigenvalue weighted by Crippen LogP contribution is -2.53. The van der Waals surface area contributed by atoms with E-state index < -0.39 is 29.5 Å². The first kappa shape index (κ1) is 25.6. The highest BCUT2D eigenvalue weighted by molar-refractivity contribution is 5.86.